The molecule has 3 amide bonds. The Morgan fingerprint density at radius 3 is 2.80 bits per heavy atom. The Balaban J connectivity index is 1.97. The molecule has 1 aliphatic carbocycles. The van der Waals surface area contributed by atoms with Gasteiger partial charge in [-0.05, 0) is 18.9 Å². The molecule has 1 fully saturated rings. The van der Waals surface area contributed by atoms with Gasteiger partial charge >= 0.3 is 6.03 Å². The van der Waals surface area contributed by atoms with Crippen LogP contribution in [0.1, 0.15) is 18.4 Å². The number of hydrogen-bond donors (Lipinski definition) is 3. The van der Waals surface area contributed by atoms with Gasteiger partial charge in [0.25, 0.3) is 5.91 Å². The first kappa shape index (κ1) is 14.3. The summed E-state index contributed by atoms with van der Waals surface area (Å²) < 4.78 is 18.9. The summed E-state index contributed by atoms with van der Waals surface area (Å²) in [6.07, 6.45) is 2.24. The number of benzene rings is 1. The van der Waals surface area contributed by atoms with Gasteiger partial charge in [-0.1, -0.05) is 12.1 Å². The number of rotatable bonds is 6. The number of amides is 3. The summed E-state index contributed by atoms with van der Waals surface area (Å²) in [5.74, 6) is -1.26. The lowest BCUT2D eigenvalue weighted by molar-refractivity contribution is -0.122. The SMILES string of the molecule is NC(=O)NC(=O)COc1c(F)cccc1CNC1CC1. The van der Waals surface area contributed by atoms with Crippen molar-refractivity contribution >= 4 is 11.9 Å². The first-order chi connectivity index (χ1) is 9.56. The summed E-state index contributed by atoms with van der Waals surface area (Å²) in [5.41, 5.74) is 5.43. The van der Waals surface area contributed by atoms with E-state index in [1.54, 1.807) is 12.1 Å². The molecule has 1 saturated carbocycles. The molecule has 0 bridgehead atoms. The number of carbonyl (C=O) groups excluding carboxylic acids is 2. The third kappa shape index (κ3) is 4.20. The number of urea groups is 1. The van der Waals surface area contributed by atoms with Crippen LogP contribution in [0.4, 0.5) is 9.18 Å². The first-order valence-corrected chi connectivity index (χ1v) is 6.29. The van der Waals surface area contributed by atoms with Gasteiger partial charge in [-0.25, -0.2) is 9.18 Å². The van der Waals surface area contributed by atoms with Gasteiger partial charge in [-0.15, -0.1) is 0 Å². The van der Waals surface area contributed by atoms with Gasteiger partial charge in [-0.3, -0.25) is 10.1 Å². The highest BCUT2D eigenvalue weighted by molar-refractivity contribution is 5.94. The number of para-hydroxylation sites is 1. The molecule has 1 aromatic carbocycles. The fraction of sp³-hybridized carbons (Fsp3) is 0.385. The first-order valence-electron chi connectivity index (χ1n) is 6.29. The van der Waals surface area contributed by atoms with E-state index in [1.807, 2.05) is 5.32 Å². The van der Waals surface area contributed by atoms with E-state index in [9.17, 15) is 14.0 Å². The van der Waals surface area contributed by atoms with Crippen LogP contribution in [-0.2, 0) is 11.3 Å². The van der Waals surface area contributed by atoms with Crippen LogP contribution < -0.4 is 21.1 Å². The van der Waals surface area contributed by atoms with E-state index in [0.29, 0.717) is 18.2 Å². The third-order valence-electron chi connectivity index (χ3n) is 2.82. The second-order valence-electron chi connectivity index (χ2n) is 4.58. The number of hydrogen-bond acceptors (Lipinski definition) is 4. The van der Waals surface area contributed by atoms with Gasteiger partial charge in [0, 0.05) is 18.2 Å². The van der Waals surface area contributed by atoms with Crippen LogP contribution in [0.5, 0.6) is 5.75 Å². The lowest BCUT2D eigenvalue weighted by Crippen LogP contribution is -2.38. The predicted octanol–water partition coefficient (Wildman–Crippen LogP) is 0.651. The summed E-state index contributed by atoms with van der Waals surface area (Å²) >= 11 is 0. The topological polar surface area (TPSA) is 93.5 Å². The number of nitrogens with one attached hydrogen (secondary N) is 2. The van der Waals surface area contributed by atoms with E-state index in [2.05, 4.69) is 5.32 Å². The Kier molecular flexibility index (Phi) is 4.52. The largest absolute Gasteiger partial charge is 0.480 e. The Morgan fingerprint density at radius 1 is 1.40 bits per heavy atom. The summed E-state index contributed by atoms with van der Waals surface area (Å²) in [6.45, 7) is -0.00446. The quantitative estimate of drug-likeness (QED) is 0.713. The summed E-state index contributed by atoms with van der Waals surface area (Å²) in [4.78, 5) is 21.7. The average Bonchev–Trinajstić information content (AvgIpc) is 3.18. The van der Waals surface area contributed by atoms with Crippen LogP contribution in [0.25, 0.3) is 0 Å². The summed E-state index contributed by atoms with van der Waals surface area (Å²) in [5, 5.41) is 5.09. The summed E-state index contributed by atoms with van der Waals surface area (Å²) in [6, 6.07) is 4.06. The number of primary amides is 1. The van der Waals surface area contributed by atoms with Crippen molar-refractivity contribution in [3.8, 4) is 5.75 Å². The van der Waals surface area contributed by atoms with Crippen LogP contribution in [0, 0.1) is 5.82 Å². The van der Waals surface area contributed by atoms with Gasteiger partial charge in [0.15, 0.2) is 18.2 Å². The number of nitrogens with two attached hydrogens (primary N) is 1. The lowest BCUT2D eigenvalue weighted by atomic mass is 10.2. The zero-order chi connectivity index (χ0) is 14.5. The van der Waals surface area contributed by atoms with Crippen LogP contribution in [0.2, 0.25) is 0 Å². The number of carbonyl (C=O) groups is 2. The van der Waals surface area contributed by atoms with Gasteiger partial charge in [0.1, 0.15) is 0 Å². The summed E-state index contributed by atoms with van der Waals surface area (Å²) in [7, 11) is 0. The van der Waals surface area contributed by atoms with Crippen molar-refractivity contribution in [1.29, 1.82) is 0 Å². The fourth-order valence-corrected chi connectivity index (χ4v) is 1.71. The van der Waals surface area contributed by atoms with Crippen LogP contribution in [-0.4, -0.2) is 24.6 Å². The van der Waals surface area contributed by atoms with Crippen molar-refractivity contribution in [2.24, 2.45) is 5.73 Å². The number of ether oxygens (including phenoxy) is 1. The zero-order valence-corrected chi connectivity index (χ0v) is 10.8. The normalized spacial score (nSPS) is 13.8. The third-order valence-corrected chi connectivity index (χ3v) is 2.82. The van der Waals surface area contributed by atoms with Gasteiger partial charge in [0.05, 0.1) is 0 Å². The zero-order valence-electron chi connectivity index (χ0n) is 10.8. The van der Waals surface area contributed by atoms with Crippen molar-refractivity contribution in [2.75, 3.05) is 6.61 Å². The highest BCUT2D eigenvalue weighted by atomic mass is 19.1. The Bertz CT molecular complexity index is 518. The van der Waals surface area contributed by atoms with E-state index < -0.39 is 24.4 Å². The predicted molar refractivity (Wildman–Crippen MR) is 69.5 cm³/mol. The molecule has 7 heteroatoms. The Morgan fingerprint density at radius 2 is 2.15 bits per heavy atom. The molecule has 0 unspecified atom stereocenters. The minimum Gasteiger partial charge on any atom is -0.480 e. The van der Waals surface area contributed by atoms with E-state index in [-0.39, 0.29) is 5.75 Å². The second-order valence-corrected chi connectivity index (χ2v) is 4.58. The molecule has 0 radical (unpaired) electrons. The smallest absolute Gasteiger partial charge is 0.318 e. The minimum absolute atomic E-state index is 0.0141. The van der Waals surface area contributed by atoms with Crippen molar-refractivity contribution in [2.45, 2.75) is 25.4 Å². The second kappa shape index (κ2) is 6.33. The minimum atomic E-state index is -0.970. The van der Waals surface area contributed by atoms with E-state index in [1.165, 1.54) is 6.07 Å². The Hall–Kier alpha value is -2.15. The number of imide groups is 1. The highest BCUT2D eigenvalue weighted by Gasteiger charge is 2.21. The molecule has 0 saturated heterocycles. The van der Waals surface area contributed by atoms with Crippen molar-refractivity contribution in [1.82, 2.24) is 10.6 Å². The maximum absolute atomic E-state index is 13.7. The van der Waals surface area contributed by atoms with E-state index >= 15 is 0 Å². The molecule has 2 rings (SSSR count). The number of halogens is 1. The Labute approximate surface area is 115 Å². The van der Waals surface area contributed by atoms with Gasteiger partial charge in [0.2, 0.25) is 0 Å². The van der Waals surface area contributed by atoms with E-state index in [4.69, 9.17) is 10.5 Å². The lowest BCUT2D eigenvalue weighted by Gasteiger charge is -2.12. The highest BCUT2D eigenvalue weighted by Crippen LogP contribution is 2.25. The molecule has 1 aliphatic rings. The van der Waals surface area contributed by atoms with Gasteiger partial charge in [-0.2, -0.15) is 0 Å². The van der Waals surface area contributed by atoms with Gasteiger partial charge < -0.3 is 15.8 Å². The molecule has 1 aromatic rings. The molecular formula is C13H16FN3O3. The van der Waals surface area contributed by atoms with E-state index in [0.717, 1.165) is 12.8 Å². The fourth-order valence-electron chi connectivity index (χ4n) is 1.71. The van der Waals surface area contributed by atoms with Crippen molar-refractivity contribution < 1.29 is 18.7 Å². The molecule has 0 aromatic heterocycles. The molecule has 0 spiro atoms. The monoisotopic (exact) mass is 281 g/mol. The maximum Gasteiger partial charge on any atom is 0.318 e. The molecule has 0 heterocycles. The van der Waals surface area contributed by atoms with Crippen LogP contribution in [0.15, 0.2) is 18.2 Å². The van der Waals surface area contributed by atoms with Crippen molar-refractivity contribution in [3.05, 3.63) is 29.6 Å². The standard InChI is InChI=1S/C13H16FN3O3/c14-10-3-1-2-8(6-16-9-4-5-9)12(10)20-7-11(18)17-13(15)19/h1-3,9,16H,4-7H2,(H3,15,17,18,19). The molecule has 6 nitrogen and oxygen atoms in total. The maximum atomic E-state index is 13.7. The molecular weight excluding hydrogens is 265 g/mol. The average molecular weight is 281 g/mol. The van der Waals surface area contributed by atoms with Crippen LogP contribution in [0.3, 0.4) is 0 Å². The molecule has 0 atom stereocenters. The molecule has 4 N–H and O–H groups in total. The molecule has 0 aliphatic heterocycles. The van der Waals surface area contributed by atoms with Crippen molar-refractivity contribution in [3.63, 3.8) is 0 Å². The molecule has 108 valence electrons. The van der Waals surface area contributed by atoms with Crippen LogP contribution >= 0.6 is 0 Å². The molecule has 20 heavy (non-hydrogen) atoms.